The Morgan fingerprint density at radius 1 is 1.28 bits per heavy atom. The molecule has 2 N–H and O–H groups in total. The fraction of sp³-hybridized carbons (Fsp3) is 0.462. The van der Waals surface area contributed by atoms with Crippen molar-refractivity contribution in [3.05, 3.63) is 17.7 Å². The van der Waals surface area contributed by atoms with Gasteiger partial charge in [-0.05, 0) is 18.9 Å². The summed E-state index contributed by atoms with van der Waals surface area (Å²) in [6, 6.07) is 3.14. The van der Waals surface area contributed by atoms with E-state index < -0.39 is 5.97 Å². The van der Waals surface area contributed by atoms with Gasteiger partial charge >= 0.3 is 5.97 Å². The van der Waals surface area contributed by atoms with Crippen molar-refractivity contribution in [2.75, 3.05) is 14.2 Å². The quantitative estimate of drug-likeness (QED) is 0.837. The highest BCUT2D eigenvalue weighted by Crippen LogP contribution is 2.55. The summed E-state index contributed by atoms with van der Waals surface area (Å²) in [6.45, 7) is 0. The van der Waals surface area contributed by atoms with E-state index >= 15 is 0 Å². The van der Waals surface area contributed by atoms with Gasteiger partial charge in [0.1, 0.15) is 5.75 Å². The molecule has 0 spiro atoms. The van der Waals surface area contributed by atoms with E-state index in [9.17, 15) is 9.90 Å². The maximum atomic E-state index is 10.9. The SMILES string of the molecule is COc1cc(C2(CC(=O)O)CC2)c(OC)cc1O. The van der Waals surface area contributed by atoms with E-state index in [4.69, 9.17) is 14.6 Å². The normalized spacial score (nSPS) is 16.1. The lowest BCUT2D eigenvalue weighted by atomic mass is 9.91. The molecule has 0 bridgehead atoms. The molecule has 0 saturated heterocycles. The van der Waals surface area contributed by atoms with Crippen molar-refractivity contribution in [3.8, 4) is 17.2 Å². The summed E-state index contributed by atoms with van der Waals surface area (Å²) in [5.74, 6) is 0.000309. The molecule has 1 saturated carbocycles. The Kier molecular flexibility index (Phi) is 3.07. The molecule has 2 rings (SSSR count). The second-order valence-corrected chi connectivity index (χ2v) is 4.58. The fourth-order valence-electron chi connectivity index (χ4n) is 2.28. The van der Waals surface area contributed by atoms with Crippen molar-refractivity contribution >= 4 is 5.97 Å². The van der Waals surface area contributed by atoms with E-state index in [2.05, 4.69) is 0 Å². The zero-order valence-corrected chi connectivity index (χ0v) is 10.4. The minimum atomic E-state index is -0.832. The Balaban J connectivity index is 2.46. The molecule has 1 aliphatic rings. The van der Waals surface area contributed by atoms with E-state index in [1.165, 1.54) is 20.3 Å². The standard InChI is InChI=1S/C13H16O5/c1-17-10-6-9(14)11(18-2)5-8(10)13(3-4-13)7-12(15)16/h5-6,14H,3-4,7H2,1-2H3,(H,15,16). The lowest BCUT2D eigenvalue weighted by Gasteiger charge is -2.18. The molecular formula is C13H16O5. The van der Waals surface area contributed by atoms with E-state index in [0.29, 0.717) is 11.5 Å². The van der Waals surface area contributed by atoms with Crippen LogP contribution in [-0.2, 0) is 10.2 Å². The van der Waals surface area contributed by atoms with E-state index in [1.807, 2.05) is 0 Å². The Morgan fingerprint density at radius 2 is 1.89 bits per heavy atom. The van der Waals surface area contributed by atoms with Crippen LogP contribution in [0, 0.1) is 0 Å². The van der Waals surface area contributed by atoms with Crippen molar-refractivity contribution in [1.29, 1.82) is 0 Å². The highest BCUT2D eigenvalue weighted by molar-refractivity contribution is 5.71. The Bertz CT molecular complexity index is 477. The van der Waals surface area contributed by atoms with Gasteiger partial charge in [0.25, 0.3) is 0 Å². The molecule has 5 nitrogen and oxygen atoms in total. The summed E-state index contributed by atoms with van der Waals surface area (Å²) in [4.78, 5) is 10.9. The monoisotopic (exact) mass is 252 g/mol. The van der Waals surface area contributed by atoms with Crippen LogP contribution in [0.1, 0.15) is 24.8 Å². The van der Waals surface area contributed by atoms with Gasteiger partial charge in [-0.25, -0.2) is 0 Å². The van der Waals surface area contributed by atoms with Crippen molar-refractivity contribution in [2.45, 2.75) is 24.7 Å². The lowest BCUT2D eigenvalue weighted by molar-refractivity contribution is -0.137. The number of aliphatic carboxylic acids is 1. The van der Waals surface area contributed by atoms with E-state index in [0.717, 1.165) is 18.4 Å². The first-order valence-corrected chi connectivity index (χ1v) is 5.69. The smallest absolute Gasteiger partial charge is 0.304 e. The zero-order chi connectivity index (χ0) is 13.3. The summed E-state index contributed by atoms with van der Waals surface area (Å²) < 4.78 is 10.3. The molecule has 1 aromatic carbocycles. The van der Waals surface area contributed by atoms with Gasteiger partial charge in [-0.15, -0.1) is 0 Å². The minimum absolute atomic E-state index is 0.00998. The van der Waals surface area contributed by atoms with Crippen LogP contribution in [0.5, 0.6) is 17.2 Å². The van der Waals surface area contributed by atoms with Crippen LogP contribution in [-0.4, -0.2) is 30.4 Å². The Labute approximate surface area is 105 Å². The first-order valence-electron chi connectivity index (χ1n) is 5.69. The number of carboxylic acid groups (broad SMARTS) is 1. The second kappa shape index (κ2) is 4.40. The number of aromatic hydroxyl groups is 1. The van der Waals surface area contributed by atoms with Crippen LogP contribution in [0.25, 0.3) is 0 Å². The first-order chi connectivity index (χ1) is 8.52. The number of hydrogen-bond donors (Lipinski definition) is 2. The van der Waals surface area contributed by atoms with Crippen molar-refractivity contribution in [2.24, 2.45) is 0 Å². The number of carboxylic acids is 1. The predicted molar refractivity (Wildman–Crippen MR) is 64.4 cm³/mol. The summed E-state index contributed by atoms with van der Waals surface area (Å²) in [5.41, 5.74) is 0.417. The van der Waals surface area contributed by atoms with Gasteiger partial charge in [0.2, 0.25) is 0 Å². The van der Waals surface area contributed by atoms with Crippen LogP contribution in [0.3, 0.4) is 0 Å². The van der Waals surface area contributed by atoms with Gasteiger partial charge < -0.3 is 19.7 Å². The summed E-state index contributed by atoms with van der Waals surface area (Å²) in [5, 5.41) is 18.7. The fourth-order valence-corrected chi connectivity index (χ4v) is 2.28. The third-order valence-corrected chi connectivity index (χ3v) is 3.42. The molecule has 0 radical (unpaired) electrons. The summed E-state index contributed by atoms with van der Waals surface area (Å²) in [7, 11) is 2.96. The minimum Gasteiger partial charge on any atom is -0.504 e. The average molecular weight is 252 g/mol. The van der Waals surface area contributed by atoms with Crippen LogP contribution >= 0.6 is 0 Å². The number of carbonyl (C=O) groups is 1. The van der Waals surface area contributed by atoms with Gasteiger partial charge in [-0.1, -0.05) is 0 Å². The molecule has 5 heteroatoms. The van der Waals surface area contributed by atoms with Gasteiger partial charge in [-0.2, -0.15) is 0 Å². The van der Waals surface area contributed by atoms with Crippen LogP contribution < -0.4 is 9.47 Å². The number of rotatable bonds is 5. The van der Waals surface area contributed by atoms with E-state index in [1.54, 1.807) is 6.07 Å². The number of ether oxygens (including phenoxy) is 2. The molecule has 0 unspecified atom stereocenters. The van der Waals surface area contributed by atoms with Gasteiger partial charge in [-0.3, -0.25) is 4.79 Å². The van der Waals surface area contributed by atoms with Crippen LogP contribution in [0.2, 0.25) is 0 Å². The van der Waals surface area contributed by atoms with Crippen molar-refractivity contribution < 1.29 is 24.5 Å². The molecule has 1 aromatic rings. The number of phenolic OH excluding ortho intramolecular Hbond substituents is 1. The third kappa shape index (κ3) is 2.08. The number of benzene rings is 1. The van der Waals surface area contributed by atoms with Crippen LogP contribution in [0.15, 0.2) is 12.1 Å². The van der Waals surface area contributed by atoms with E-state index in [-0.39, 0.29) is 17.6 Å². The zero-order valence-electron chi connectivity index (χ0n) is 10.4. The van der Waals surface area contributed by atoms with Gasteiger partial charge in [0, 0.05) is 17.0 Å². The molecule has 0 atom stereocenters. The summed E-state index contributed by atoms with van der Waals surface area (Å²) in [6.07, 6.45) is 1.68. The lowest BCUT2D eigenvalue weighted by Crippen LogP contribution is -2.14. The molecule has 98 valence electrons. The predicted octanol–water partition coefficient (Wildman–Crippen LogP) is 1.92. The topological polar surface area (TPSA) is 76.0 Å². The molecule has 0 aliphatic heterocycles. The van der Waals surface area contributed by atoms with Crippen LogP contribution in [0.4, 0.5) is 0 Å². The molecule has 1 fully saturated rings. The Hall–Kier alpha value is -1.91. The number of methoxy groups -OCH3 is 2. The number of phenols is 1. The molecule has 0 heterocycles. The molecule has 0 aromatic heterocycles. The van der Waals surface area contributed by atoms with Crippen molar-refractivity contribution in [1.82, 2.24) is 0 Å². The molecule has 1 aliphatic carbocycles. The van der Waals surface area contributed by atoms with Crippen molar-refractivity contribution in [3.63, 3.8) is 0 Å². The summed E-state index contributed by atoms with van der Waals surface area (Å²) >= 11 is 0. The third-order valence-electron chi connectivity index (χ3n) is 3.42. The largest absolute Gasteiger partial charge is 0.504 e. The molecule has 18 heavy (non-hydrogen) atoms. The van der Waals surface area contributed by atoms with Gasteiger partial charge in [0.05, 0.1) is 20.6 Å². The molecular weight excluding hydrogens is 236 g/mol. The van der Waals surface area contributed by atoms with Gasteiger partial charge in [0.15, 0.2) is 11.5 Å². The number of hydrogen-bond acceptors (Lipinski definition) is 4. The highest BCUT2D eigenvalue weighted by atomic mass is 16.5. The maximum absolute atomic E-state index is 10.9. The highest BCUT2D eigenvalue weighted by Gasteiger charge is 2.48. The Morgan fingerprint density at radius 3 is 2.33 bits per heavy atom. The molecule has 0 amide bonds. The second-order valence-electron chi connectivity index (χ2n) is 4.58. The first kappa shape index (κ1) is 12.5. The maximum Gasteiger partial charge on any atom is 0.304 e. The average Bonchev–Trinajstić information content (AvgIpc) is 3.08.